The monoisotopic (exact) mass is 300 g/mol. The van der Waals surface area contributed by atoms with Crippen molar-refractivity contribution in [2.45, 2.75) is 46.1 Å². The highest BCUT2D eigenvalue weighted by Crippen LogP contribution is 2.33. The van der Waals surface area contributed by atoms with Crippen molar-refractivity contribution in [1.29, 1.82) is 0 Å². The molecule has 0 bridgehead atoms. The summed E-state index contributed by atoms with van der Waals surface area (Å²) in [5, 5.41) is 11.5. The van der Waals surface area contributed by atoms with E-state index in [4.69, 9.17) is 9.84 Å². The lowest BCUT2D eigenvalue weighted by Crippen LogP contribution is -2.47. The zero-order valence-electron chi connectivity index (χ0n) is 13.5. The maximum Gasteiger partial charge on any atom is 0.317 e. The van der Waals surface area contributed by atoms with E-state index in [1.165, 1.54) is 4.90 Å². The molecule has 0 aromatic rings. The third-order valence-electron chi connectivity index (χ3n) is 3.82. The third-order valence-corrected chi connectivity index (χ3v) is 3.82. The highest BCUT2D eigenvalue weighted by molar-refractivity contribution is 5.74. The Labute approximate surface area is 126 Å². The molecule has 0 radical (unpaired) electrons. The van der Waals surface area contributed by atoms with Crippen LogP contribution in [-0.2, 0) is 9.53 Å². The lowest BCUT2D eigenvalue weighted by Gasteiger charge is -2.40. The van der Waals surface area contributed by atoms with Crippen molar-refractivity contribution in [1.82, 2.24) is 10.2 Å². The smallest absolute Gasteiger partial charge is 0.317 e. The number of ether oxygens (including phenoxy) is 1. The van der Waals surface area contributed by atoms with Gasteiger partial charge in [-0.2, -0.15) is 0 Å². The molecule has 0 aromatic heterocycles. The van der Waals surface area contributed by atoms with Crippen molar-refractivity contribution < 1.29 is 19.4 Å². The minimum absolute atomic E-state index is 0.0406. The van der Waals surface area contributed by atoms with Crippen LogP contribution in [0.15, 0.2) is 0 Å². The van der Waals surface area contributed by atoms with Crippen molar-refractivity contribution in [3.8, 4) is 0 Å². The number of rotatable bonds is 5. The minimum atomic E-state index is -0.900. The second-order valence-electron chi connectivity index (χ2n) is 6.81. The number of hydrogen-bond donors (Lipinski definition) is 2. The molecule has 1 heterocycles. The Bertz CT molecular complexity index is 365. The van der Waals surface area contributed by atoms with Gasteiger partial charge in [0.15, 0.2) is 0 Å². The number of hydrogen-bond acceptors (Lipinski definition) is 3. The van der Waals surface area contributed by atoms with Gasteiger partial charge in [0.25, 0.3) is 0 Å². The number of carbonyl (C=O) groups is 2. The van der Waals surface area contributed by atoms with Gasteiger partial charge in [0, 0.05) is 32.7 Å². The molecular weight excluding hydrogens is 272 g/mol. The fourth-order valence-electron chi connectivity index (χ4n) is 2.73. The standard InChI is InChI=1S/C15H28N2O4/c1-15(2,3)13-11(6-5-9-21-13)10-16-14(20)17(4)8-7-12(18)19/h11,13H,5-10H2,1-4H3,(H,16,20)(H,18,19). The summed E-state index contributed by atoms with van der Waals surface area (Å²) in [7, 11) is 1.61. The van der Waals surface area contributed by atoms with E-state index >= 15 is 0 Å². The van der Waals surface area contributed by atoms with E-state index in [1.54, 1.807) is 7.05 Å². The first kappa shape index (κ1) is 17.8. The molecule has 0 saturated carbocycles. The molecule has 2 amide bonds. The molecule has 1 aliphatic heterocycles. The number of carboxylic acids is 1. The second kappa shape index (κ2) is 7.64. The van der Waals surface area contributed by atoms with Gasteiger partial charge >= 0.3 is 12.0 Å². The van der Waals surface area contributed by atoms with Crippen LogP contribution in [0.1, 0.15) is 40.0 Å². The summed E-state index contributed by atoms with van der Waals surface area (Å²) in [4.78, 5) is 23.9. The van der Waals surface area contributed by atoms with Crippen LogP contribution >= 0.6 is 0 Å². The van der Waals surface area contributed by atoms with Crippen molar-refractivity contribution in [3.63, 3.8) is 0 Å². The average molecular weight is 300 g/mol. The van der Waals surface area contributed by atoms with Gasteiger partial charge in [-0.1, -0.05) is 20.8 Å². The molecule has 2 unspecified atom stereocenters. The predicted octanol–water partition coefficient (Wildman–Crippen LogP) is 1.94. The third kappa shape index (κ3) is 5.91. The van der Waals surface area contributed by atoms with Gasteiger partial charge in [-0.25, -0.2) is 4.79 Å². The molecule has 1 fully saturated rings. The normalized spacial score (nSPS) is 22.7. The number of amides is 2. The molecule has 2 N–H and O–H groups in total. The van der Waals surface area contributed by atoms with Crippen LogP contribution in [0, 0.1) is 11.3 Å². The Morgan fingerprint density at radius 3 is 2.62 bits per heavy atom. The fraction of sp³-hybridized carbons (Fsp3) is 0.867. The molecule has 6 heteroatoms. The molecule has 0 aliphatic carbocycles. The number of urea groups is 1. The number of aliphatic carboxylic acids is 1. The maximum absolute atomic E-state index is 11.9. The van der Waals surface area contributed by atoms with Crippen LogP contribution in [0.5, 0.6) is 0 Å². The van der Waals surface area contributed by atoms with E-state index in [0.29, 0.717) is 12.5 Å². The summed E-state index contributed by atoms with van der Waals surface area (Å²) in [6, 6.07) is -0.227. The Kier molecular flexibility index (Phi) is 6.45. The van der Waals surface area contributed by atoms with Gasteiger partial charge in [-0.05, 0) is 18.3 Å². The van der Waals surface area contributed by atoms with Crippen LogP contribution in [0.25, 0.3) is 0 Å². The summed E-state index contributed by atoms with van der Waals surface area (Å²) in [5.74, 6) is -0.598. The molecule has 0 spiro atoms. The zero-order valence-corrected chi connectivity index (χ0v) is 13.5. The highest BCUT2D eigenvalue weighted by atomic mass is 16.5. The van der Waals surface area contributed by atoms with E-state index in [-0.39, 0.29) is 30.5 Å². The predicted molar refractivity (Wildman–Crippen MR) is 80.2 cm³/mol. The Morgan fingerprint density at radius 2 is 2.05 bits per heavy atom. The molecule has 0 aromatic carbocycles. The van der Waals surface area contributed by atoms with Gasteiger partial charge in [0.1, 0.15) is 0 Å². The van der Waals surface area contributed by atoms with Crippen LogP contribution in [-0.4, -0.2) is 54.9 Å². The molecule has 1 rings (SSSR count). The quantitative estimate of drug-likeness (QED) is 0.813. The van der Waals surface area contributed by atoms with Gasteiger partial charge < -0.3 is 20.1 Å². The Balaban J connectivity index is 2.44. The highest BCUT2D eigenvalue weighted by Gasteiger charge is 2.35. The summed E-state index contributed by atoms with van der Waals surface area (Å²) >= 11 is 0. The molecule has 1 aliphatic rings. The van der Waals surface area contributed by atoms with Crippen LogP contribution in [0.4, 0.5) is 4.79 Å². The SMILES string of the molecule is CN(CCC(=O)O)C(=O)NCC1CCCOC1C(C)(C)C. The van der Waals surface area contributed by atoms with Gasteiger partial charge in [-0.15, -0.1) is 0 Å². The molecule has 1 saturated heterocycles. The number of carboxylic acid groups (broad SMARTS) is 1. The molecular formula is C15H28N2O4. The van der Waals surface area contributed by atoms with Gasteiger partial charge in [0.2, 0.25) is 0 Å². The zero-order chi connectivity index (χ0) is 16.0. The van der Waals surface area contributed by atoms with Crippen molar-refractivity contribution in [3.05, 3.63) is 0 Å². The maximum atomic E-state index is 11.9. The number of carbonyl (C=O) groups excluding carboxylic acids is 1. The van der Waals surface area contributed by atoms with E-state index < -0.39 is 5.97 Å². The lowest BCUT2D eigenvalue weighted by molar-refractivity contribution is -0.137. The van der Waals surface area contributed by atoms with Crippen molar-refractivity contribution in [2.75, 3.05) is 26.7 Å². The summed E-state index contributed by atoms with van der Waals surface area (Å²) in [6.45, 7) is 8.01. The molecule has 6 nitrogen and oxygen atoms in total. The lowest BCUT2D eigenvalue weighted by atomic mass is 9.78. The minimum Gasteiger partial charge on any atom is -0.481 e. The number of nitrogens with one attached hydrogen (secondary N) is 1. The van der Waals surface area contributed by atoms with Crippen LogP contribution < -0.4 is 5.32 Å². The van der Waals surface area contributed by atoms with E-state index in [1.807, 2.05) is 0 Å². The van der Waals surface area contributed by atoms with Gasteiger partial charge in [0.05, 0.1) is 12.5 Å². The topological polar surface area (TPSA) is 78.9 Å². The van der Waals surface area contributed by atoms with E-state index in [2.05, 4.69) is 26.1 Å². The first-order valence-electron chi connectivity index (χ1n) is 7.54. The number of nitrogens with zero attached hydrogens (tertiary/aromatic N) is 1. The fourth-order valence-corrected chi connectivity index (χ4v) is 2.73. The first-order chi connectivity index (χ1) is 9.71. The summed E-state index contributed by atoms with van der Waals surface area (Å²) in [5.41, 5.74) is 0.0467. The molecule has 21 heavy (non-hydrogen) atoms. The van der Waals surface area contributed by atoms with Gasteiger partial charge in [-0.3, -0.25) is 4.79 Å². The average Bonchev–Trinajstić information content (AvgIpc) is 2.41. The Hall–Kier alpha value is -1.30. The second-order valence-corrected chi connectivity index (χ2v) is 6.81. The van der Waals surface area contributed by atoms with Crippen molar-refractivity contribution in [2.24, 2.45) is 11.3 Å². The van der Waals surface area contributed by atoms with Crippen LogP contribution in [0.2, 0.25) is 0 Å². The molecule has 2 atom stereocenters. The van der Waals surface area contributed by atoms with Crippen LogP contribution in [0.3, 0.4) is 0 Å². The van der Waals surface area contributed by atoms with Crippen molar-refractivity contribution >= 4 is 12.0 Å². The van der Waals surface area contributed by atoms with E-state index in [0.717, 1.165) is 19.4 Å². The van der Waals surface area contributed by atoms with E-state index in [9.17, 15) is 9.59 Å². The first-order valence-corrected chi connectivity index (χ1v) is 7.54. The summed E-state index contributed by atoms with van der Waals surface area (Å²) in [6.07, 6.45) is 2.15. The molecule has 122 valence electrons. The largest absolute Gasteiger partial charge is 0.481 e. The summed E-state index contributed by atoms with van der Waals surface area (Å²) < 4.78 is 5.88. The Morgan fingerprint density at radius 1 is 1.38 bits per heavy atom.